The normalized spacial score (nSPS) is 19.2. The van der Waals surface area contributed by atoms with Crippen LogP contribution in [0.2, 0.25) is 0 Å². The van der Waals surface area contributed by atoms with E-state index in [-0.39, 0.29) is 14.9 Å². The Kier molecular flexibility index (Phi) is 11.3. The molecule has 0 amide bonds. The third-order valence-electron chi connectivity index (χ3n) is 1.58. The number of rotatable bonds is 0. The lowest BCUT2D eigenvalue weighted by Crippen LogP contribution is -2.00. The first-order chi connectivity index (χ1) is 4.00. The lowest BCUT2D eigenvalue weighted by Gasteiger charge is -2.07. The highest BCUT2D eigenvalue weighted by Gasteiger charge is 1.95. The molecule has 0 bridgehead atoms. The van der Waals surface area contributed by atoms with Crippen LogP contribution in [0.25, 0.3) is 0 Å². The van der Waals surface area contributed by atoms with Gasteiger partial charge in [0.2, 0.25) is 0 Å². The average molecular weight is 146 g/mol. The lowest BCUT2D eigenvalue weighted by molar-refractivity contribution is 0.116. The van der Waals surface area contributed by atoms with Crippen molar-refractivity contribution in [2.24, 2.45) is 0 Å². The largest absolute Gasteiger partial charge is 0.381 e. The first kappa shape index (κ1) is 12.6. The molecule has 1 aliphatic rings. The molecule has 0 aromatic rings. The van der Waals surface area contributed by atoms with Crippen molar-refractivity contribution in [2.45, 2.75) is 47.0 Å². The summed E-state index contributed by atoms with van der Waals surface area (Å²) in [6.07, 6.45) is 6.73. The number of ether oxygens (including phenoxy) is 1. The molecule has 1 saturated heterocycles. The molecule has 0 aromatic carbocycles. The second-order valence-electron chi connectivity index (χ2n) is 2.38. The molecule has 0 atom stereocenters. The van der Waals surface area contributed by atoms with Crippen molar-refractivity contribution in [2.75, 3.05) is 13.2 Å². The first-order valence-corrected chi connectivity index (χ1v) is 3.58. The first-order valence-electron chi connectivity index (χ1n) is 3.58. The fraction of sp³-hybridized carbons (Fsp3) is 1.00. The van der Waals surface area contributed by atoms with Crippen molar-refractivity contribution in [3.05, 3.63) is 0 Å². The van der Waals surface area contributed by atoms with Crippen LogP contribution in [0.4, 0.5) is 0 Å². The standard InChI is InChI=1S/C7H14O.2CH4/c1-2-4-6-8-7-5-3-1;;/h1-7H2;2*1H4. The Morgan fingerprint density at radius 2 is 1.00 bits per heavy atom. The van der Waals surface area contributed by atoms with Gasteiger partial charge in [-0.15, -0.1) is 0 Å². The summed E-state index contributed by atoms with van der Waals surface area (Å²) >= 11 is 0. The monoisotopic (exact) mass is 146 g/mol. The van der Waals surface area contributed by atoms with Gasteiger partial charge in [0.25, 0.3) is 0 Å². The Hall–Kier alpha value is -0.0400. The molecule has 0 N–H and O–H groups in total. The van der Waals surface area contributed by atoms with Gasteiger partial charge in [-0.1, -0.05) is 34.1 Å². The third-order valence-corrected chi connectivity index (χ3v) is 1.58. The van der Waals surface area contributed by atoms with Crippen LogP contribution < -0.4 is 0 Å². The molecule has 0 aliphatic carbocycles. The van der Waals surface area contributed by atoms with Gasteiger partial charge in [0, 0.05) is 13.2 Å². The van der Waals surface area contributed by atoms with E-state index in [1.54, 1.807) is 0 Å². The lowest BCUT2D eigenvalue weighted by atomic mass is 10.1. The summed E-state index contributed by atoms with van der Waals surface area (Å²) in [6, 6.07) is 0. The van der Waals surface area contributed by atoms with Gasteiger partial charge in [0.1, 0.15) is 0 Å². The Morgan fingerprint density at radius 3 is 1.50 bits per heavy atom. The molecule has 0 radical (unpaired) electrons. The second-order valence-corrected chi connectivity index (χ2v) is 2.38. The van der Waals surface area contributed by atoms with Gasteiger partial charge in [-0.25, -0.2) is 0 Å². The maximum Gasteiger partial charge on any atom is 0.0466 e. The van der Waals surface area contributed by atoms with E-state index in [2.05, 4.69) is 0 Å². The van der Waals surface area contributed by atoms with Crippen molar-refractivity contribution in [1.82, 2.24) is 0 Å². The Balaban J connectivity index is 0. The van der Waals surface area contributed by atoms with Crippen LogP contribution in [-0.2, 0) is 4.74 Å². The Bertz CT molecular complexity index is 28.7. The fourth-order valence-electron chi connectivity index (χ4n) is 1.04. The van der Waals surface area contributed by atoms with Gasteiger partial charge in [-0.3, -0.25) is 0 Å². The van der Waals surface area contributed by atoms with Gasteiger partial charge >= 0.3 is 0 Å². The zero-order chi connectivity index (χ0) is 5.66. The summed E-state index contributed by atoms with van der Waals surface area (Å²) in [5, 5.41) is 0. The minimum Gasteiger partial charge on any atom is -0.381 e. The van der Waals surface area contributed by atoms with E-state index in [9.17, 15) is 0 Å². The summed E-state index contributed by atoms with van der Waals surface area (Å²) in [6.45, 7) is 2.00. The molecular formula is C9H22O. The highest BCUT2D eigenvalue weighted by Crippen LogP contribution is 2.06. The SMILES string of the molecule is C.C.C1CCCOCCC1. The minimum atomic E-state index is 0. The average Bonchev–Trinajstić information content (AvgIpc) is 1.62. The van der Waals surface area contributed by atoms with E-state index < -0.39 is 0 Å². The highest BCUT2D eigenvalue weighted by molar-refractivity contribution is 4.47. The molecule has 1 heterocycles. The van der Waals surface area contributed by atoms with Crippen LogP contribution in [0.3, 0.4) is 0 Å². The minimum absolute atomic E-state index is 0. The van der Waals surface area contributed by atoms with Crippen molar-refractivity contribution in [3.8, 4) is 0 Å². The van der Waals surface area contributed by atoms with Crippen LogP contribution in [-0.4, -0.2) is 13.2 Å². The topological polar surface area (TPSA) is 9.23 Å². The summed E-state index contributed by atoms with van der Waals surface area (Å²) < 4.78 is 5.27. The van der Waals surface area contributed by atoms with E-state index in [1.807, 2.05) is 0 Å². The third kappa shape index (κ3) is 6.09. The molecule has 10 heavy (non-hydrogen) atoms. The van der Waals surface area contributed by atoms with E-state index in [0.29, 0.717) is 0 Å². The molecule has 1 heteroatoms. The van der Waals surface area contributed by atoms with Gasteiger partial charge in [-0.2, -0.15) is 0 Å². The predicted octanol–water partition coefficient (Wildman–Crippen LogP) is 3.24. The van der Waals surface area contributed by atoms with Gasteiger partial charge in [0.05, 0.1) is 0 Å². The molecular weight excluding hydrogens is 124 g/mol. The van der Waals surface area contributed by atoms with Crippen molar-refractivity contribution in [3.63, 3.8) is 0 Å². The Morgan fingerprint density at radius 1 is 0.600 bits per heavy atom. The van der Waals surface area contributed by atoms with E-state index in [4.69, 9.17) is 4.74 Å². The van der Waals surface area contributed by atoms with Crippen molar-refractivity contribution < 1.29 is 4.74 Å². The smallest absolute Gasteiger partial charge is 0.0466 e. The molecule has 0 aromatic heterocycles. The molecule has 0 saturated carbocycles. The van der Waals surface area contributed by atoms with Gasteiger partial charge in [-0.05, 0) is 12.8 Å². The van der Waals surface area contributed by atoms with Gasteiger partial charge < -0.3 is 4.74 Å². The summed E-state index contributed by atoms with van der Waals surface area (Å²) in [5.74, 6) is 0. The van der Waals surface area contributed by atoms with E-state index >= 15 is 0 Å². The summed E-state index contributed by atoms with van der Waals surface area (Å²) in [4.78, 5) is 0. The van der Waals surface area contributed by atoms with E-state index in [0.717, 1.165) is 13.2 Å². The van der Waals surface area contributed by atoms with Crippen LogP contribution in [0.5, 0.6) is 0 Å². The highest BCUT2D eigenvalue weighted by atomic mass is 16.5. The van der Waals surface area contributed by atoms with Crippen LogP contribution in [0.15, 0.2) is 0 Å². The van der Waals surface area contributed by atoms with Crippen molar-refractivity contribution in [1.29, 1.82) is 0 Å². The van der Waals surface area contributed by atoms with Crippen LogP contribution >= 0.6 is 0 Å². The van der Waals surface area contributed by atoms with Gasteiger partial charge in [0.15, 0.2) is 0 Å². The molecule has 0 unspecified atom stereocenters. The zero-order valence-corrected chi connectivity index (χ0v) is 5.36. The molecule has 1 nitrogen and oxygen atoms in total. The quantitative estimate of drug-likeness (QED) is 0.510. The van der Waals surface area contributed by atoms with Crippen molar-refractivity contribution >= 4 is 0 Å². The second kappa shape index (κ2) is 8.96. The molecule has 64 valence electrons. The Labute approximate surface area is 65.8 Å². The predicted molar refractivity (Wildman–Crippen MR) is 47.4 cm³/mol. The summed E-state index contributed by atoms with van der Waals surface area (Å²) in [7, 11) is 0. The molecule has 1 rings (SSSR count). The maximum absolute atomic E-state index is 5.27. The van der Waals surface area contributed by atoms with Crippen LogP contribution in [0.1, 0.15) is 47.0 Å². The molecule has 1 aliphatic heterocycles. The summed E-state index contributed by atoms with van der Waals surface area (Å²) in [5.41, 5.74) is 0. The van der Waals surface area contributed by atoms with E-state index in [1.165, 1.54) is 32.1 Å². The number of hydrogen-bond acceptors (Lipinski definition) is 1. The zero-order valence-electron chi connectivity index (χ0n) is 5.36. The maximum atomic E-state index is 5.27. The van der Waals surface area contributed by atoms with Crippen LogP contribution in [0, 0.1) is 0 Å². The number of hydrogen-bond donors (Lipinski definition) is 0. The molecule has 1 fully saturated rings. The molecule has 0 spiro atoms. The fourth-order valence-corrected chi connectivity index (χ4v) is 1.04.